The fourth-order valence-electron chi connectivity index (χ4n) is 4.06. The second-order valence-corrected chi connectivity index (χ2v) is 8.32. The minimum Gasteiger partial charge on any atom is -0.491 e. The molecule has 0 spiro atoms. The van der Waals surface area contributed by atoms with Crippen molar-refractivity contribution in [1.82, 2.24) is 0 Å². The molecule has 1 aliphatic heterocycles. The number of anilines is 2. The van der Waals surface area contributed by atoms with E-state index in [1.807, 2.05) is 42.5 Å². The highest BCUT2D eigenvalue weighted by atomic mass is 16.5. The number of hydrogen-bond acceptors (Lipinski definition) is 4. The van der Waals surface area contributed by atoms with Gasteiger partial charge < -0.3 is 19.5 Å². The zero-order chi connectivity index (χ0) is 23.8. The highest BCUT2D eigenvalue weighted by Crippen LogP contribution is 2.36. The van der Waals surface area contributed by atoms with Gasteiger partial charge in [-0.05, 0) is 72.0 Å². The molecule has 0 atom stereocenters. The van der Waals surface area contributed by atoms with Crippen molar-refractivity contribution in [2.24, 2.45) is 0 Å². The quantitative estimate of drug-likeness (QED) is 0.350. The zero-order valence-corrected chi connectivity index (χ0v) is 19.6. The zero-order valence-electron chi connectivity index (χ0n) is 19.6. The predicted molar refractivity (Wildman–Crippen MR) is 137 cm³/mol. The number of aliphatic carboxylic acids is 1. The van der Waals surface area contributed by atoms with Gasteiger partial charge in [-0.3, -0.25) is 0 Å². The fraction of sp³-hybridized carbons (Fsp3) is 0.276. The first kappa shape index (κ1) is 23.6. The molecule has 176 valence electrons. The number of carboxylic acids is 1. The maximum atomic E-state index is 11.8. The highest BCUT2D eigenvalue weighted by Gasteiger charge is 2.20. The Balaban J connectivity index is 1.54. The molecule has 0 amide bonds. The fourth-order valence-corrected chi connectivity index (χ4v) is 4.06. The molecule has 1 N–H and O–H groups in total. The molecule has 0 unspecified atom stereocenters. The molecular formula is C29H31NO4. The molecule has 5 nitrogen and oxygen atoms in total. The lowest BCUT2D eigenvalue weighted by Crippen LogP contribution is -2.19. The van der Waals surface area contributed by atoms with Crippen LogP contribution in [0.25, 0.3) is 17.2 Å². The number of rotatable bonds is 10. The molecule has 0 saturated heterocycles. The van der Waals surface area contributed by atoms with Gasteiger partial charge in [0.25, 0.3) is 0 Å². The van der Waals surface area contributed by atoms with E-state index in [0.29, 0.717) is 31.8 Å². The summed E-state index contributed by atoms with van der Waals surface area (Å²) in [7, 11) is 0. The Morgan fingerprint density at radius 2 is 1.71 bits per heavy atom. The van der Waals surface area contributed by atoms with Crippen LogP contribution in [-0.4, -0.2) is 37.4 Å². The third kappa shape index (κ3) is 5.86. The van der Waals surface area contributed by atoms with Crippen molar-refractivity contribution in [3.63, 3.8) is 0 Å². The van der Waals surface area contributed by atoms with Gasteiger partial charge >= 0.3 is 5.97 Å². The molecular weight excluding hydrogens is 426 g/mol. The average Bonchev–Trinajstić information content (AvgIpc) is 3.06. The van der Waals surface area contributed by atoms with E-state index in [2.05, 4.69) is 42.2 Å². The summed E-state index contributed by atoms with van der Waals surface area (Å²) >= 11 is 0. The van der Waals surface area contributed by atoms with Gasteiger partial charge in [-0.25, -0.2) is 4.79 Å². The topological polar surface area (TPSA) is 59.0 Å². The van der Waals surface area contributed by atoms with E-state index in [4.69, 9.17) is 9.47 Å². The molecule has 34 heavy (non-hydrogen) atoms. The summed E-state index contributed by atoms with van der Waals surface area (Å²) in [6.45, 7) is 4.65. The third-order valence-corrected chi connectivity index (χ3v) is 5.92. The van der Waals surface area contributed by atoms with E-state index in [-0.39, 0.29) is 0 Å². The molecule has 3 aromatic carbocycles. The van der Waals surface area contributed by atoms with E-state index in [0.717, 1.165) is 53.3 Å². The molecule has 0 aromatic heterocycles. The van der Waals surface area contributed by atoms with Gasteiger partial charge in [0.2, 0.25) is 0 Å². The summed E-state index contributed by atoms with van der Waals surface area (Å²) in [4.78, 5) is 14.0. The van der Waals surface area contributed by atoms with E-state index in [1.54, 1.807) is 6.08 Å². The normalized spacial score (nSPS) is 13.1. The standard InChI is InChI=1S/C29H31NO4/c1-2-3-17-33-18-19-34-27-12-9-22(10-13-27)23-11-14-28-25(20-23)21-24(29(31)32)15-16-30(28)26-7-5-4-6-8-26/h4-14,20-21H,2-3,15-19H2,1H3,(H,31,32). The Hall–Kier alpha value is -3.57. The highest BCUT2D eigenvalue weighted by molar-refractivity contribution is 5.95. The van der Waals surface area contributed by atoms with Crippen LogP contribution in [0.15, 0.2) is 78.4 Å². The maximum absolute atomic E-state index is 11.8. The summed E-state index contributed by atoms with van der Waals surface area (Å²) < 4.78 is 11.3. The number of ether oxygens (including phenoxy) is 2. The average molecular weight is 458 g/mol. The second kappa shape index (κ2) is 11.5. The van der Waals surface area contributed by atoms with Crippen LogP contribution in [-0.2, 0) is 9.53 Å². The number of carboxylic acid groups (broad SMARTS) is 1. The molecule has 0 saturated carbocycles. The van der Waals surface area contributed by atoms with Gasteiger partial charge in [0.05, 0.1) is 6.61 Å². The van der Waals surface area contributed by atoms with E-state index in [1.165, 1.54) is 0 Å². The molecule has 0 fully saturated rings. The smallest absolute Gasteiger partial charge is 0.331 e. The minimum absolute atomic E-state index is 0.418. The van der Waals surface area contributed by atoms with Crippen LogP contribution >= 0.6 is 0 Å². The number of unbranched alkanes of at least 4 members (excludes halogenated alkanes) is 1. The number of nitrogens with zero attached hydrogens (tertiary/aromatic N) is 1. The SMILES string of the molecule is CCCCOCCOc1ccc(-c2ccc3c(c2)C=C(C(=O)O)CCN3c2ccccc2)cc1. The van der Waals surface area contributed by atoms with Crippen LogP contribution in [0.5, 0.6) is 5.75 Å². The van der Waals surface area contributed by atoms with Gasteiger partial charge in [-0.15, -0.1) is 0 Å². The molecule has 4 rings (SSSR count). The lowest BCUT2D eigenvalue weighted by atomic mass is 10.00. The third-order valence-electron chi connectivity index (χ3n) is 5.92. The minimum atomic E-state index is -0.869. The summed E-state index contributed by atoms with van der Waals surface area (Å²) in [6.07, 6.45) is 4.48. The first-order valence-corrected chi connectivity index (χ1v) is 11.9. The van der Waals surface area contributed by atoms with Gasteiger partial charge in [-0.2, -0.15) is 0 Å². The lowest BCUT2D eigenvalue weighted by Gasteiger charge is -2.25. The molecule has 0 aliphatic carbocycles. The number of carbonyl (C=O) groups is 1. The van der Waals surface area contributed by atoms with Crippen molar-refractivity contribution in [3.05, 3.63) is 83.9 Å². The van der Waals surface area contributed by atoms with Crippen LogP contribution in [0.1, 0.15) is 31.7 Å². The predicted octanol–water partition coefficient (Wildman–Crippen LogP) is 6.56. The second-order valence-electron chi connectivity index (χ2n) is 8.32. The number of para-hydroxylation sites is 1. The van der Waals surface area contributed by atoms with Crippen molar-refractivity contribution < 1.29 is 19.4 Å². The van der Waals surface area contributed by atoms with E-state index < -0.39 is 5.97 Å². The van der Waals surface area contributed by atoms with E-state index >= 15 is 0 Å². The number of fused-ring (bicyclic) bond motifs is 1. The molecule has 1 aliphatic rings. The van der Waals surface area contributed by atoms with Crippen molar-refractivity contribution in [3.8, 4) is 16.9 Å². The molecule has 5 heteroatoms. The first-order valence-electron chi connectivity index (χ1n) is 11.9. The summed E-state index contributed by atoms with van der Waals surface area (Å²) in [6, 6.07) is 24.3. The molecule has 3 aromatic rings. The van der Waals surface area contributed by atoms with Crippen molar-refractivity contribution in [2.45, 2.75) is 26.2 Å². The summed E-state index contributed by atoms with van der Waals surface area (Å²) in [5.41, 5.74) is 5.47. The summed E-state index contributed by atoms with van der Waals surface area (Å²) in [5.74, 6) is -0.0626. The Bertz CT molecular complexity index is 1120. The molecule has 0 bridgehead atoms. The van der Waals surface area contributed by atoms with Crippen molar-refractivity contribution in [2.75, 3.05) is 31.3 Å². The van der Waals surface area contributed by atoms with Crippen molar-refractivity contribution >= 4 is 23.4 Å². The largest absolute Gasteiger partial charge is 0.491 e. The van der Waals surface area contributed by atoms with Gasteiger partial charge in [0.15, 0.2) is 0 Å². The van der Waals surface area contributed by atoms with E-state index in [9.17, 15) is 9.90 Å². The van der Waals surface area contributed by atoms with Crippen LogP contribution in [0.2, 0.25) is 0 Å². The van der Waals surface area contributed by atoms with Crippen LogP contribution < -0.4 is 9.64 Å². The Morgan fingerprint density at radius 1 is 0.941 bits per heavy atom. The number of benzene rings is 3. The monoisotopic (exact) mass is 457 g/mol. The van der Waals surface area contributed by atoms with Gasteiger partial charge in [-0.1, -0.05) is 49.7 Å². The van der Waals surface area contributed by atoms with Crippen LogP contribution in [0.4, 0.5) is 11.4 Å². The van der Waals surface area contributed by atoms with Crippen LogP contribution in [0.3, 0.4) is 0 Å². The van der Waals surface area contributed by atoms with Crippen molar-refractivity contribution in [1.29, 1.82) is 0 Å². The lowest BCUT2D eigenvalue weighted by molar-refractivity contribution is -0.132. The Labute approximate surface area is 201 Å². The Kier molecular flexibility index (Phi) is 7.99. The Morgan fingerprint density at radius 3 is 2.44 bits per heavy atom. The van der Waals surface area contributed by atoms with Crippen LogP contribution in [0, 0.1) is 0 Å². The molecule has 0 radical (unpaired) electrons. The molecule has 1 heterocycles. The summed E-state index contributed by atoms with van der Waals surface area (Å²) in [5, 5.41) is 9.68. The maximum Gasteiger partial charge on any atom is 0.331 e. The first-order chi connectivity index (χ1) is 16.7. The van der Waals surface area contributed by atoms with Gasteiger partial charge in [0.1, 0.15) is 12.4 Å². The number of hydrogen-bond donors (Lipinski definition) is 1. The van der Waals surface area contributed by atoms with Gasteiger partial charge in [0, 0.05) is 30.1 Å².